The van der Waals surface area contributed by atoms with Crippen molar-refractivity contribution in [1.82, 2.24) is 10.2 Å². The van der Waals surface area contributed by atoms with Crippen LogP contribution in [0.15, 0.2) is 0 Å². The average molecular weight is 256 g/mol. The van der Waals surface area contributed by atoms with Crippen LogP contribution in [-0.4, -0.2) is 48.6 Å². The number of nitrogens with one attached hydrogen (secondary N) is 1. The van der Waals surface area contributed by atoms with E-state index in [4.69, 9.17) is 4.74 Å². The van der Waals surface area contributed by atoms with Crippen LogP contribution in [0.3, 0.4) is 0 Å². The van der Waals surface area contributed by atoms with Crippen molar-refractivity contribution in [2.75, 3.05) is 20.3 Å². The number of amides is 2. The summed E-state index contributed by atoms with van der Waals surface area (Å²) in [4.78, 5) is 25.6. The molecule has 1 heterocycles. The molecule has 0 aromatic rings. The molecule has 104 valence electrons. The van der Waals surface area contributed by atoms with E-state index in [0.717, 1.165) is 0 Å². The van der Waals surface area contributed by atoms with Crippen molar-refractivity contribution >= 4 is 11.8 Å². The number of ether oxygens (including phenoxy) is 1. The molecular formula is C13H24N2O3. The van der Waals surface area contributed by atoms with Crippen LogP contribution in [0.5, 0.6) is 0 Å². The Morgan fingerprint density at radius 3 is 2.67 bits per heavy atom. The lowest BCUT2D eigenvalue weighted by molar-refractivity contribution is -0.131. The highest BCUT2D eigenvalue weighted by Gasteiger charge is 2.37. The monoisotopic (exact) mass is 256 g/mol. The van der Waals surface area contributed by atoms with E-state index in [1.54, 1.807) is 12.0 Å². The smallest absolute Gasteiger partial charge is 0.225 e. The molecule has 2 atom stereocenters. The molecule has 0 aromatic carbocycles. The largest absolute Gasteiger partial charge is 0.383 e. The molecule has 1 saturated heterocycles. The third-order valence-electron chi connectivity index (χ3n) is 2.97. The van der Waals surface area contributed by atoms with Crippen molar-refractivity contribution in [3.8, 4) is 0 Å². The van der Waals surface area contributed by atoms with Crippen molar-refractivity contribution in [3.63, 3.8) is 0 Å². The quantitative estimate of drug-likeness (QED) is 0.809. The van der Waals surface area contributed by atoms with Crippen LogP contribution in [0, 0.1) is 5.92 Å². The lowest BCUT2D eigenvalue weighted by Gasteiger charge is -2.25. The number of likely N-dealkylation sites (tertiary alicyclic amines) is 1. The first kappa shape index (κ1) is 15.0. The van der Waals surface area contributed by atoms with E-state index in [9.17, 15) is 9.59 Å². The van der Waals surface area contributed by atoms with Gasteiger partial charge in [0.2, 0.25) is 11.8 Å². The summed E-state index contributed by atoms with van der Waals surface area (Å²) in [5.41, 5.74) is -0.258. The lowest BCUT2D eigenvalue weighted by Crippen LogP contribution is -2.45. The van der Waals surface area contributed by atoms with Crippen LogP contribution in [0.2, 0.25) is 0 Å². The van der Waals surface area contributed by atoms with E-state index in [1.165, 1.54) is 0 Å². The predicted molar refractivity (Wildman–Crippen MR) is 69.1 cm³/mol. The number of methoxy groups -OCH3 is 1. The molecule has 0 aromatic heterocycles. The van der Waals surface area contributed by atoms with Gasteiger partial charge in [0.15, 0.2) is 0 Å². The van der Waals surface area contributed by atoms with Gasteiger partial charge >= 0.3 is 0 Å². The summed E-state index contributed by atoms with van der Waals surface area (Å²) in [7, 11) is 1.61. The third-order valence-corrected chi connectivity index (χ3v) is 2.97. The van der Waals surface area contributed by atoms with Gasteiger partial charge in [-0.15, -0.1) is 0 Å². The number of hydrogen-bond acceptors (Lipinski definition) is 3. The van der Waals surface area contributed by atoms with Crippen LogP contribution in [0.25, 0.3) is 0 Å². The van der Waals surface area contributed by atoms with E-state index in [0.29, 0.717) is 19.6 Å². The first-order valence-corrected chi connectivity index (χ1v) is 6.35. The zero-order valence-corrected chi connectivity index (χ0v) is 11.9. The molecule has 0 spiro atoms. The van der Waals surface area contributed by atoms with Gasteiger partial charge in [-0.25, -0.2) is 0 Å². The van der Waals surface area contributed by atoms with Crippen LogP contribution in [0.4, 0.5) is 0 Å². The second-order valence-electron chi connectivity index (χ2n) is 5.99. The van der Waals surface area contributed by atoms with Gasteiger partial charge < -0.3 is 15.0 Å². The van der Waals surface area contributed by atoms with E-state index < -0.39 is 0 Å². The van der Waals surface area contributed by atoms with Crippen LogP contribution in [-0.2, 0) is 14.3 Å². The fourth-order valence-corrected chi connectivity index (χ4v) is 2.14. The Kier molecular flexibility index (Phi) is 4.73. The lowest BCUT2D eigenvalue weighted by atomic mass is 10.0. The maximum absolute atomic E-state index is 12.0. The predicted octanol–water partition coefficient (Wildman–Crippen LogP) is 0.785. The molecule has 1 aliphatic rings. The summed E-state index contributed by atoms with van der Waals surface area (Å²) < 4.78 is 5.05. The summed E-state index contributed by atoms with van der Waals surface area (Å²) in [5, 5.41) is 2.92. The summed E-state index contributed by atoms with van der Waals surface area (Å²) in [6, 6.07) is 0.0231. The third kappa shape index (κ3) is 3.98. The molecule has 1 N–H and O–H groups in total. The van der Waals surface area contributed by atoms with Gasteiger partial charge in [-0.1, -0.05) is 0 Å². The molecule has 0 saturated carbocycles. The topological polar surface area (TPSA) is 58.6 Å². The van der Waals surface area contributed by atoms with Gasteiger partial charge in [0.1, 0.15) is 0 Å². The summed E-state index contributed by atoms with van der Waals surface area (Å²) in [6.07, 6.45) is 0.302. The van der Waals surface area contributed by atoms with Crippen LogP contribution < -0.4 is 5.32 Å². The average Bonchev–Trinajstić information content (AvgIpc) is 2.58. The Morgan fingerprint density at radius 2 is 2.17 bits per heavy atom. The zero-order chi connectivity index (χ0) is 13.9. The first-order chi connectivity index (χ1) is 8.24. The molecule has 18 heavy (non-hydrogen) atoms. The standard InChI is InChI=1S/C13H24N2O3/c1-9(8-18-5)15-7-10(6-11(15)16)12(17)14-13(2,3)4/h9-10H,6-8H2,1-5H3,(H,14,17)/t9-,10+/m1/s1. The zero-order valence-electron chi connectivity index (χ0n) is 11.9. The molecule has 1 rings (SSSR count). The van der Waals surface area contributed by atoms with Crippen LogP contribution in [0.1, 0.15) is 34.1 Å². The van der Waals surface area contributed by atoms with Gasteiger partial charge in [-0.3, -0.25) is 9.59 Å². The minimum atomic E-state index is -0.258. The number of carbonyl (C=O) groups excluding carboxylic acids is 2. The number of carbonyl (C=O) groups is 2. The minimum absolute atomic E-state index is 0.0231. The Hall–Kier alpha value is -1.10. The minimum Gasteiger partial charge on any atom is -0.383 e. The molecule has 1 fully saturated rings. The van der Waals surface area contributed by atoms with E-state index in [2.05, 4.69) is 5.32 Å². The summed E-state index contributed by atoms with van der Waals surface area (Å²) in [5.74, 6) is -0.243. The highest BCUT2D eigenvalue weighted by Crippen LogP contribution is 2.21. The van der Waals surface area contributed by atoms with E-state index >= 15 is 0 Å². The molecule has 5 heteroatoms. The Bertz CT molecular complexity index is 323. The van der Waals surface area contributed by atoms with Crippen molar-refractivity contribution in [2.45, 2.75) is 45.7 Å². The Labute approximate surface area is 109 Å². The second-order valence-corrected chi connectivity index (χ2v) is 5.99. The van der Waals surface area contributed by atoms with Gasteiger partial charge in [-0.05, 0) is 27.7 Å². The maximum Gasteiger partial charge on any atom is 0.225 e. The molecular weight excluding hydrogens is 232 g/mol. The fraction of sp³-hybridized carbons (Fsp3) is 0.846. The Morgan fingerprint density at radius 1 is 1.56 bits per heavy atom. The van der Waals surface area contributed by atoms with Crippen LogP contribution >= 0.6 is 0 Å². The van der Waals surface area contributed by atoms with Gasteiger partial charge in [0, 0.05) is 25.6 Å². The highest BCUT2D eigenvalue weighted by molar-refractivity contribution is 5.89. The van der Waals surface area contributed by atoms with Gasteiger partial charge in [0.05, 0.1) is 18.6 Å². The molecule has 0 radical (unpaired) electrons. The highest BCUT2D eigenvalue weighted by atomic mass is 16.5. The molecule has 0 unspecified atom stereocenters. The molecule has 5 nitrogen and oxygen atoms in total. The van der Waals surface area contributed by atoms with Gasteiger partial charge in [0.25, 0.3) is 0 Å². The molecule has 1 aliphatic heterocycles. The second kappa shape index (κ2) is 5.69. The van der Waals surface area contributed by atoms with Crippen molar-refractivity contribution in [1.29, 1.82) is 0 Å². The normalized spacial score (nSPS) is 22.2. The molecule has 0 bridgehead atoms. The fourth-order valence-electron chi connectivity index (χ4n) is 2.14. The molecule has 0 aliphatic carbocycles. The van der Waals surface area contributed by atoms with Gasteiger partial charge in [-0.2, -0.15) is 0 Å². The van der Waals surface area contributed by atoms with Crippen molar-refractivity contribution in [3.05, 3.63) is 0 Å². The number of rotatable bonds is 4. The first-order valence-electron chi connectivity index (χ1n) is 6.35. The number of nitrogens with zero attached hydrogens (tertiary/aromatic N) is 1. The number of hydrogen-bond donors (Lipinski definition) is 1. The van der Waals surface area contributed by atoms with Crippen molar-refractivity contribution < 1.29 is 14.3 Å². The van der Waals surface area contributed by atoms with E-state index in [1.807, 2.05) is 27.7 Å². The van der Waals surface area contributed by atoms with E-state index in [-0.39, 0.29) is 29.3 Å². The summed E-state index contributed by atoms with van der Waals surface area (Å²) in [6.45, 7) is 8.74. The summed E-state index contributed by atoms with van der Waals surface area (Å²) >= 11 is 0. The Balaban J connectivity index is 2.58. The maximum atomic E-state index is 12.0. The molecule has 2 amide bonds. The SMILES string of the molecule is COC[C@@H](C)N1C[C@@H](C(=O)NC(C)(C)C)CC1=O. The van der Waals surface area contributed by atoms with Crippen molar-refractivity contribution in [2.24, 2.45) is 5.92 Å².